The minimum absolute atomic E-state index is 0.168. The molecule has 1 N–H and O–H groups in total. The highest BCUT2D eigenvalue weighted by molar-refractivity contribution is 6.32. The van der Waals surface area contributed by atoms with Crippen molar-refractivity contribution in [1.82, 2.24) is 0 Å². The van der Waals surface area contributed by atoms with Crippen molar-refractivity contribution in [2.75, 3.05) is 0 Å². The summed E-state index contributed by atoms with van der Waals surface area (Å²) in [5.74, 6) is 0.283. The smallest absolute Gasteiger partial charge is 0.115 e. The predicted octanol–water partition coefficient (Wildman–Crippen LogP) is 6.96. The van der Waals surface area contributed by atoms with E-state index in [4.69, 9.17) is 11.6 Å². The highest BCUT2D eigenvalue weighted by atomic mass is 35.5. The van der Waals surface area contributed by atoms with E-state index >= 15 is 0 Å². The van der Waals surface area contributed by atoms with Gasteiger partial charge >= 0.3 is 0 Å². The van der Waals surface area contributed by atoms with Crippen LogP contribution in [0.15, 0.2) is 36.4 Å². The highest BCUT2D eigenvalue weighted by Gasteiger charge is 2.37. The molecule has 0 amide bonds. The molecule has 1 aliphatic rings. The number of hydrogen-bond donors (Lipinski definition) is 1. The van der Waals surface area contributed by atoms with Gasteiger partial charge in [-0.2, -0.15) is 0 Å². The van der Waals surface area contributed by atoms with Crippen molar-refractivity contribution in [2.45, 2.75) is 58.3 Å². The lowest BCUT2D eigenvalue weighted by atomic mass is 9.63. The Morgan fingerprint density at radius 3 is 2.04 bits per heavy atom. The van der Waals surface area contributed by atoms with Crippen molar-refractivity contribution in [3.05, 3.63) is 63.7 Å². The molecule has 0 spiro atoms. The number of fused-ring (bicyclic) bond motifs is 1. The van der Waals surface area contributed by atoms with Gasteiger partial charge in [0.05, 0.1) is 0 Å². The summed E-state index contributed by atoms with van der Waals surface area (Å²) in [4.78, 5) is 0. The summed E-state index contributed by atoms with van der Waals surface area (Å²) in [6.45, 7) is 11.4. The van der Waals surface area contributed by atoms with E-state index in [-0.39, 0.29) is 16.6 Å². The van der Waals surface area contributed by atoms with Crippen LogP contribution in [0.2, 0.25) is 5.02 Å². The molecule has 2 heteroatoms. The minimum Gasteiger partial charge on any atom is -0.508 e. The fourth-order valence-corrected chi connectivity index (χ4v) is 4.10. The van der Waals surface area contributed by atoms with Gasteiger partial charge in [0, 0.05) is 5.02 Å². The van der Waals surface area contributed by atoms with E-state index < -0.39 is 0 Å². The zero-order valence-corrected chi connectivity index (χ0v) is 16.5. The van der Waals surface area contributed by atoms with Crippen LogP contribution in [0.1, 0.15) is 69.7 Å². The van der Waals surface area contributed by atoms with Gasteiger partial charge in [-0.05, 0) is 82.7 Å². The Morgan fingerprint density at radius 2 is 1.48 bits per heavy atom. The fourth-order valence-electron chi connectivity index (χ4n) is 3.79. The summed E-state index contributed by atoms with van der Waals surface area (Å²) in [6, 6.07) is 11.7. The zero-order chi connectivity index (χ0) is 18.4. The van der Waals surface area contributed by atoms with E-state index in [9.17, 15) is 5.11 Å². The summed E-state index contributed by atoms with van der Waals surface area (Å²) in [5.41, 5.74) is 6.43. The monoisotopic (exact) mass is 354 g/mol. The molecule has 0 fully saturated rings. The SMILES string of the molecule is CC(=Cc1ccc(O)cc1)c1cc2c(cc1Cl)C(C)(C)CCC2(C)C. The normalized spacial score (nSPS) is 18.7. The first-order valence-electron chi connectivity index (χ1n) is 8.92. The molecule has 1 aliphatic carbocycles. The summed E-state index contributed by atoms with van der Waals surface area (Å²) in [7, 11) is 0. The van der Waals surface area contributed by atoms with Gasteiger partial charge < -0.3 is 5.11 Å². The molecule has 0 bridgehead atoms. The summed E-state index contributed by atoms with van der Waals surface area (Å²) in [5, 5.41) is 10.3. The summed E-state index contributed by atoms with van der Waals surface area (Å²) >= 11 is 6.69. The van der Waals surface area contributed by atoms with Crippen molar-refractivity contribution < 1.29 is 5.11 Å². The highest BCUT2D eigenvalue weighted by Crippen LogP contribution is 2.47. The molecule has 2 aromatic rings. The number of allylic oxidation sites excluding steroid dienone is 1. The Kier molecular flexibility index (Phi) is 4.49. The summed E-state index contributed by atoms with van der Waals surface area (Å²) < 4.78 is 0. The van der Waals surface area contributed by atoms with Crippen LogP contribution in [0, 0.1) is 0 Å². The topological polar surface area (TPSA) is 20.2 Å². The lowest BCUT2D eigenvalue weighted by molar-refractivity contribution is 0.332. The van der Waals surface area contributed by atoms with Crippen LogP contribution in [0.4, 0.5) is 0 Å². The number of hydrogen-bond acceptors (Lipinski definition) is 1. The lowest BCUT2D eigenvalue weighted by Crippen LogP contribution is -2.34. The number of rotatable bonds is 2. The molecule has 0 unspecified atom stereocenters. The van der Waals surface area contributed by atoms with E-state index in [0.29, 0.717) is 0 Å². The Morgan fingerprint density at radius 1 is 0.960 bits per heavy atom. The van der Waals surface area contributed by atoms with Crippen LogP contribution in [0.25, 0.3) is 11.6 Å². The number of benzene rings is 2. The first-order chi connectivity index (χ1) is 11.6. The van der Waals surface area contributed by atoms with Gasteiger partial charge in [0.2, 0.25) is 0 Å². The molecule has 0 saturated heterocycles. The van der Waals surface area contributed by atoms with Crippen LogP contribution >= 0.6 is 11.6 Å². The van der Waals surface area contributed by atoms with Crippen LogP contribution in [-0.4, -0.2) is 5.11 Å². The van der Waals surface area contributed by atoms with Gasteiger partial charge in [0.1, 0.15) is 5.75 Å². The van der Waals surface area contributed by atoms with Crippen LogP contribution in [-0.2, 0) is 10.8 Å². The van der Waals surface area contributed by atoms with Crippen molar-refractivity contribution in [1.29, 1.82) is 0 Å². The van der Waals surface area contributed by atoms with Gasteiger partial charge in [0.25, 0.3) is 0 Å². The molecule has 3 rings (SSSR count). The van der Waals surface area contributed by atoms with Crippen LogP contribution in [0.5, 0.6) is 5.75 Å². The van der Waals surface area contributed by atoms with E-state index in [0.717, 1.165) is 21.7 Å². The second-order valence-corrected chi connectivity index (χ2v) is 8.97. The summed E-state index contributed by atoms with van der Waals surface area (Å²) in [6.07, 6.45) is 4.49. The molecule has 132 valence electrons. The van der Waals surface area contributed by atoms with Crippen molar-refractivity contribution in [3.63, 3.8) is 0 Å². The molecule has 25 heavy (non-hydrogen) atoms. The maximum Gasteiger partial charge on any atom is 0.115 e. The second-order valence-electron chi connectivity index (χ2n) is 8.56. The Labute approximate surface area is 156 Å². The maximum absolute atomic E-state index is 9.45. The van der Waals surface area contributed by atoms with E-state index in [2.05, 4.69) is 52.8 Å². The molecule has 0 saturated carbocycles. The first-order valence-corrected chi connectivity index (χ1v) is 9.30. The number of phenolic OH excluding ortho intramolecular Hbond substituents is 1. The maximum atomic E-state index is 9.45. The molecule has 0 atom stereocenters. The van der Waals surface area contributed by atoms with Crippen molar-refractivity contribution in [3.8, 4) is 5.75 Å². The lowest BCUT2D eigenvalue weighted by Gasteiger charge is -2.42. The molecule has 0 aromatic heterocycles. The molecule has 1 nitrogen and oxygen atoms in total. The van der Waals surface area contributed by atoms with Gasteiger partial charge in [-0.25, -0.2) is 0 Å². The first kappa shape index (κ1) is 18.1. The third-order valence-corrected chi connectivity index (χ3v) is 5.95. The Hall–Kier alpha value is -1.73. The van der Waals surface area contributed by atoms with Crippen LogP contribution < -0.4 is 0 Å². The third-order valence-electron chi connectivity index (χ3n) is 5.64. The third kappa shape index (κ3) is 3.48. The van der Waals surface area contributed by atoms with E-state index in [1.807, 2.05) is 12.1 Å². The molecule has 0 aliphatic heterocycles. The zero-order valence-electron chi connectivity index (χ0n) is 15.8. The number of aromatic hydroxyl groups is 1. The average molecular weight is 355 g/mol. The van der Waals surface area contributed by atoms with E-state index in [1.165, 1.54) is 24.0 Å². The van der Waals surface area contributed by atoms with Crippen molar-refractivity contribution >= 4 is 23.3 Å². The largest absolute Gasteiger partial charge is 0.508 e. The molecule has 2 aromatic carbocycles. The van der Waals surface area contributed by atoms with Crippen molar-refractivity contribution in [2.24, 2.45) is 0 Å². The number of phenols is 1. The van der Waals surface area contributed by atoms with Gasteiger partial charge in [0.15, 0.2) is 0 Å². The van der Waals surface area contributed by atoms with Crippen LogP contribution in [0.3, 0.4) is 0 Å². The fraction of sp³-hybridized carbons (Fsp3) is 0.391. The second kappa shape index (κ2) is 6.21. The molecular weight excluding hydrogens is 328 g/mol. The standard InChI is InChI=1S/C23H27ClO/c1-15(12-16-6-8-17(25)9-7-16)18-13-19-20(14-21(18)24)23(4,5)11-10-22(19,2)3/h6-9,12-14,25H,10-11H2,1-5H3. The quantitative estimate of drug-likeness (QED) is 0.578. The number of halogens is 1. The van der Waals surface area contributed by atoms with Gasteiger partial charge in [-0.1, -0.05) is 57.5 Å². The van der Waals surface area contributed by atoms with E-state index in [1.54, 1.807) is 12.1 Å². The average Bonchev–Trinajstić information content (AvgIpc) is 2.54. The molecule has 0 heterocycles. The Balaban J connectivity index is 2.10. The van der Waals surface area contributed by atoms with Gasteiger partial charge in [-0.3, -0.25) is 0 Å². The molecule has 0 radical (unpaired) electrons. The minimum atomic E-state index is 0.168. The molecular formula is C23H27ClO. The predicted molar refractivity (Wildman–Crippen MR) is 108 cm³/mol. The van der Waals surface area contributed by atoms with Gasteiger partial charge in [-0.15, -0.1) is 0 Å². The Bertz CT molecular complexity index is 826.